The fourth-order valence-electron chi connectivity index (χ4n) is 7.84. The second kappa shape index (κ2) is 28.8. The van der Waals surface area contributed by atoms with E-state index in [0.717, 1.165) is 32.1 Å². The molecule has 0 spiro atoms. The zero-order valence-electron chi connectivity index (χ0n) is 41.7. The van der Waals surface area contributed by atoms with Crippen LogP contribution in [0.15, 0.2) is 65.7 Å². The molecule has 0 unspecified atom stereocenters. The Balaban J connectivity index is 1.86. The van der Waals surface area contributed by atoms with Crippen molar-refractivity contribution in [2.24, 2.45) is 11.5 Å². The van der Waals surface area contributed by atoms with Crippen molar-refractivity contribution in [3.8, 4) is 0 Å². The standard InChI is InChI=1S/C49H62N10O15S/c1-26-43(67)57-35(22-28-12-6-5-7-13-28)47(71)56-34(17-19-37(50)61)46(70)58-36(42(51)66)25-75-48-30-15-9-8-14-29(30)41(31(49(72)74-4)23-40(65)73-3)59(48)21-11-10-16-32(54-27(2)60)44(68)52-24-38(62)55-33(45(69)53-26)18-20-39(63)64/h5-9,12-15,23,26,32-36H,10-11,16-22,24-25H2,1-4H3,(H2,50,61)(H2,51,66)(H,52,68)(H,53,69)(H,54,60)(H,55,62)(H,56,71)(H,57,67)(H,58,70)(H,63,64)/b31-23-/t26-,32-,33-,34-,35-,36-/m0/s1. The molecule has 0 bridgehead atoms. The summed E-state index contributed by atoms with van der Waals surface area (Å²) in [6, 6.07) is 6.43. The van der Waals surface area contributed by atoms with Crippen LogP contribution in [0.5, 0.6) is 0 Å². The molecular weight excluding hydrogens is 1000 g/mol. The number of aliphatic carboxylic acids is 1. The van der Waals surface area contributed by atoms with Crippen molar-refractivity contribution >= 4 is 99.2 Å². The highest BCUT2D eigenvalue weighted by Gasteiger charge is 2.33. The first kappa shape index (κ1) is 59.3. The van der Waals surface area contributed by atoms with Crippen molar-refractivity contribution in [2.75, 3.05) is 26.5 Å². The van der Waals surface area contributed by atoms with Gasteiger partial charge in [-0.25, -0.2) is 9.59 Å². The van der Waals surface area contributed by atoms with Gasteiger partial charge < -0.3 is 67.8 Å². The number of ether oxygens (including phenoxy) is 2. The van der Waals surface area contributed by atoms with Crippen LogP contribution >= 0.6 is 11.8 Å². The largest absolute Gasteiger partial charge is 0.481 e. The second-order valence-corrected chi connectivity index (χ2v) is 18.3. The van der Waals surface area contributed by atoms with E-state index < -0.39 is 133 Å². The predicted octanol–water partition coefficient (Wildman–Crippen LogP) is -1.43. The molecule has 12 N–H and O–H groups in total. The Labute approximate surface area is 434 Å². The molecule has 404 valence electrons. The topological polar surface area (TPSA) is 385 Å². The van der Waals surface area contributed by atoms with Gasteiger partial charge in [0.2, 0.25) is 53.2 Å². The number of rotatable bonds is 13. The third kappa shape index (κ3) is 18.0. The minimum atomic E-state index is -1.56. The maximum Gasteiger partial charge on any atom is 0.340 e. The van der Waals surface area contributed by atoms with Gasteiger partial charge in [0.25, 0.3) is 0 Å². The van der Waals surface area contributed by atoms with Gasteiger partial charge >= 0.3 is 17.9 Å². The molecule has 2 heterocycles. The number of hydrogen-bond donors (Lipinski definition) is 10. The van der Waals surface area contributed by atoms with Crippen molar-refractivity contribution in [3.05, 3.63) is 71.9 Å². The highest BCUT2D eigenvalue weighted by Crippen LogP contribution is 2.38. The van der Waals surface area contributed by atoms with Gasteiger partial charge in [-0.05, 0) is 44.6 Å². The fraction of sp³-hybridized carbons (Fsp3) is 0.429. The van der Waals surface area contributed by atoms with Crippen LogP contribution in [0.2, 0.25) is 0 Å². The van der Waals surface area contributed by atoms with Gasteiger partial charge in [-0.2, -0.15) is 0 Å². The smallest absolute Gasteiger partial charge is 0.340 e. The fourth-order valence-corrected chi connectivity index (χ4v) is 9.08. The second-order valence-electron chi connectivity index (χ2n) is 17.3. The van der Waals surface area contributed by atoms with Gasteiger partial charge in [-0.15, -0.1) is 11.8 Å². The number of benzene rings is 2. The molecule has 4 rings (SSSR count). The summed E-state index contributed by atoms with van der Waals surface area (Å²) < 4.78 is 11.6. The summed E-state index contributed by atoms with van der Waals surface area (Å²) >= 11 is 1.02. The minimum Gasteiger partial charge on any atom is -0.481 e. The quantitative estimate of drug-likeness (QED) is 0.0693. The highest BCUT2D eigenvalue weighted by atomic mass is 32.2. The lowest BCUT2D eigenvalue weighted by atomic mass is 10.0. The number of carboxylic acid groups (broad SMARTS) is 1. The molecule has 0 radical (unpaired) electrons. The Morgan fingerprint density at radius 1 is 0.760 bits per heavy atom. The van der Waals surface area contributed by atoms with Crippen LogP contribution in [0.1, 0.15) is 70.1 Å². The monoisotopic (exact) mass is 1060 g/mol. The number of primary amides is 2. The third-order valence-corrected chi connectivity index (χ3v) is 12.8. The van der Waals surface area contributed by atoms with Crippen molar-refractivity contribution in [1.82, 2.24) is 41.8 Å². The van der Waals surface area contributed by atoms with Crippen LogP contribution < -0.4 is 48.7 Å². The number of nitrogens with one attached hydrogen (secondary N) is 7. The molecular formula is C49H62N10O15S. The molecule has 1 aliphatic rings. The van der Waals surface area contributed by atoms with E-state index in [4.69, 9.17) is 20.9 Å². The number of esters is 2. The summed E-state index contributed by atoms with van der Waals surface area (Å²) in [6.45, 7) is 1.74. The Bertz CT molecular complexity index is 2680. The first-order valence-electron chi connectivity index (χ1n) is 23.6. The molecule has 0 saturated heterocycles. The Kier molecular flexibility index (Phi) is 22.8. The lowest BCUT2D eigenvalue weighted by Crippen LogP contribution is -2.59. The number of carbonyl (C=O) groups excluding carboxylic acids is 11. The van der Waals surface area contributed by atoms with Crippen LogP contribution in [0.25, 0.3) is 16.3 Å². The summed E-state index contributed by atoms with van der Waals surface area (Å²) in [6.07, 6.45) is -0.672. The van der Waals surface area contributed by atoms with E-state index in [0.29, 0.717) is 21.4 Å². The molecule has 9 amide bonds. The molecule has 0 saturated carbocycles. The van der Waals surface area contributed by atoms with E-state index in [2.05, 4.69) is 37.2 Å². The number of carboxylic acids is 1. The van der Waals surface area contributed by atoms with Gasteiger partial charge in [0, 0.05) is 55.3 Å². The minimum absolute atomic E-state index is 0.00741. The Morgan fingerprint density at radius 3 is 2.00 bits per heavy atom. The van der Waals surface area contributed by atoms with E-state index in [1.807, 2.05) is 0 Å². The van der Waals surface area contributed by atoms with Gasteiger partial charge in [0.15, 0.2) is 0 Å². The van der Waals surface area contributed by atoms with Crippen LogP contribution in [0.3, 0.4) is 0 Å². The van der Waals surface area contributed by atoms with Gasteiger partial charge in [-0.3, -0.25) is 47.9 Å². The summed E-state index contributed by atoms with van der Waals surface area (Å²) in [5.74, 6) is -11.4. The van der Waals surface area contributed by atoms with E-state index in [1.165, 1.54) is 13.8 Å². The van der Waals surface area contributed by atoms with Crippen molar-refractivity contribution in [3.63, 3.8) is 0 Å². The van der Waals surface area contributed by atoms with E-state index >= 15 is 0 Å². The van der Waals surface area contributed by atoms with Gasteiger partial charge in [0.1, 0.15) is 36.3 Å². The highest BCUT2D eigenvalue weighted by molar-refractivity contribution is 7.99. The lowest BCUT2D eigenvalue weighted by molar-refractivity contribution is -0.138. The summed E-state index contributed by atoms with van der Waals surface area (Å²) in [7, 11) is 2.22. The van der Waals surface area contributed by atoms with E-state index in [-0.39, 0.29) is 55.7 Å². The summed E-state index contributed by atoms with van der Waals surface area (Å²) in [4.78, 5) is 158. The van der Waals surface area contributed by atoms with Gasteiger partial charge in [-0.1, -0.05) is 54.6 Å². The Morgan fingerprint density at radius 2 is 1.37 bits per heavy atom. The molecule has 0 fully saturated rings. The van der Waals surface area contributed by atoms with E-state index in [1.54, 1.807) is 59.2 Å². The molecule has 3 aromatic rings. The number of hydrogen-bond acceptors (Lipinski definition) is 15. The molecule has 2 aromatic carbocycles. The average molecular weight is 1060 g/mol. The molecule has 6 atom stereocenters. The van der Waals surface area contributed by atoms with Crippen LogP contribution in [0.4, 0.5) is 0 Å². The molecule has 1 aromatic heterocycles. The van der Waals surface area contributed by atoms with Crippen molar-refractivity contribution < 1.29 is 72.1 Å². The molecule has 0 aliphatic carbocycles. The number of nitrogens with zero attached hydrogens (tertiary/aromatic N) is 1. The number of aromatic nitrogens is 1. The first-order chi connectivity index (χ1) is 35.6. The zero-order valence-corrected chi connectivity index (χ0v) is 42.5. The predicted molar refractivity (Wildman–Crippen MR) is 269 cm³/mol. The van der Waals surface area contributed by atoms with Crippen LogP contribution in [-0.4, -0.2) is 144 Å². The number of thioether (sulfide) groups is 1. The number of amides is 9. The maximum atomic E-state index is 14.2. The average Bonchev–Trinajstić information content (AvgIpc) is 3.67. The molecule has 25 nitrogen and oxygen atoms in total. The lowest BCUT2D eigenvalue weighted by Gasteiger charge is -2.26. The number of fused-ring (bicyclic) bond motifs is 3. The zero-order chi connectivity index (χ0) is 55.4. The number of nitrogens with two attached hydrogens (primary N) is 2. The maximum absolute atomic E-state index is 14.2. The number of methoxy groups -OCH3 is 2. The van der Waals surface area contributed by atoms with Crippen molar-refractivity contribution in [2.45, 2.75) is 113 Å². The Hall–Kier alpha value is -8.29. The molecule has 75 heavy (non-hydrogen) atoms. The molecule has 1 aliphatic heterocycles. The normalized spacial score (nSPS) is 21.3. The third-order valence-electron chi connectivity index (χ3n) is 11.6. The summed E-state index contributed by atoms with van der Waals surface area (Å²) in [5.41, 5.74) is 11.8. The van der Waals surface area contributed by atoms with Crippen LogP contribution in [-0.2, 0) is 80.0 Å². The van der Waals surface area contributed by atoms with E-state index in [9.17, 15) is 62.6 Å². The first-order valence-corrected chi connectivity index (χ1v) is 24.6. The number of carbonyl (C=O) groups is 12. The van der Waals surface area contributed by atoms with Crippen LogP contribution in [0, 0.1) is 0 Å². The SMILES string of the molecule is COC(=O)/C=C(\C(=O)OC)c1c2ccccc2c2n1CCCC[C@H](NC(C)=O)C(=O)NCC(=O)N[C@@H](CCC(=O)O)C(=O)N[C@@H](C)C(=O)N[C@@H](Cc1ccccc1)C(=O)N[C@@H](CCC(N)=O)C(=O)N[C@H](C(N)=O)CS2. The molecule has 26 heteroatoms. The summed E-state index contributed by atoms with van der Waals surface area (Å²) in [5, 5.41) is 28.1. The van der Waals surface area contributed by atoms with Gasteiger partial charge in [0.05, 0.1) is 37.1 Å². The van der Waals surface area contributed by atoms with Crippen molar-refractivity contribution in [1.29, 1.82) is 0 Å².